The lowest BCUT2D eigenvalue weighted by atomic mass is 9.86. The van der Waals surface area contributed by atoms with E-state index in [0.29, 0.717) is 22.5 Å². The molecule has 0 bridgehead atoms. The van der Waals surface area contributed by atoms with Crippen molar-refractivity contribution in [1.82, 2.24) is 0 Å². The van der Waals surface area contributed by atoms with Crippen LogP contribution in [0, 0.1) is 17.3 Å². The molecule has 0 saturated heterocycles. The lowest BCUT2D eigenvalue weighted by molar-refractivity contribution is 0.103. The highest BCUT2D eigenvalue weighted by atomic mass is 31.2. The Labute approximate surface area is 309 Å². The molecule has 2 rings (SSSR count). The third kappa shape index (κ3) is 14.3. The van der Waals surface area contributed by atoms with Crippen LogP contribution in [0.3, 0.4) is 0 Å². The van der Waals surface area contributed by atoms with Crippen molar-refractivity contribution in [3.63, 3.8) is 0 Å². The molecule has 0 spiro atoms. The molecule has 2 atom stereocenters. The number of aryl methyl sites for hydroxylation is 6. The number of carbonyl (C=O) groups is 2. The molecule has 2 aromatic carbocycles. The summed E-state index contributed by atoms with van der Waals surface area (Å²) in [5, 5.41) is 0. The fourth-order valence-corrected chi connectivity index (χ4v) is 10.6. The molecule has 50 heavy (non-hydrogen) atoms. The van der Waals surface area contributed by atoms with Crippen molar-refractivity contribution in [3.05, 3.63) is 68.8 Å². The topological polar surface area (TPSA) is 68.3 Å². The molecule has 0 N–H and O–H groups in total. The zero-order chi connectivity index (χ0) is 38.1. The molecule has 0 aromatic heterocycles. The maximum absolute atomic E-state index is 15.2. The van der Waals surface area contributed by atoms with Gasteiger partial charge in [0.25, 0.3) is 0 Å². The van der Waals surface area contributed by atoms with E-state index in [-0.39, 0.29) is 20.5 Å². The van der Waals surface area contributed by atoms with Gasteiger partial charge in [-0.25, -0.2) is 0 Å². The molecule has 0 aliphatic carbocycles. The molecule has 0 aliphatic rings. The molecule has 2 unspecified atom stereocenters. The zero-order valence-corrected chi connectivity index (χ0v) is 36.0. The molecule has 0 radical (unpaired) electrons. The second kappa shape index (κ2) is 22.9. The van der Waals surface area contributed by atoms with E-state index < -0.39 is 18.2 Å². The van der Waals surface area contributed by atoms with E-state index in [1.165, 1.54) is 17.5 Å². The Morgan fingerprint density at radius 3 is 1.18 bits per heavy atom. The molecule has 6 heteroatoms. The normalized spacial score (nSPS) is 12.6. The quantitative estimate of drug-likeness (QED) is 0.120. The Bertz CT molecular complexity index is 1280. The highest BCUT2D eigenvalue weighted by Gasteiger charge is 2.44. The smallest absolute Gasteiger partial charge is 0.307 e. The Morgan fingerprint density at radius 1 is 0.620 bits per heavy atom. The molecule has 0 aliphatic heterocycles. The third-order valence-electron chi connectivity index (χ3n) is 8.98. The van der Waals surface area contributed by atoms with Crippen LogP contribution in [-0.4, -0.2) is 23.4 Å². The number of hydrogen-bond donors (Lipinski definition) is 0. The number of hydrogen-bond acceptors (Lipinski definition) is 4. The minimum Gasteiger partial charge on any atom is -0.307 e. The second-order valence-electron chi connectivity index (χ2n) is 16.2. The Balaban J connectivity index is 0.00000108. The van der Waals surface area contributed by atoms with Gasteiger partial charge in [-0.3, -0.25) is 9.59 Å². The lowest BCUT2D eigenvalue weighted by Gasteiger charge is -2.25. The summed E-state index contributed by atoms with van der Waals surface area (Å²) < 4.78 is 25.4. The predicted octanol–water partition coefficient (Wildman–Crippen LogP) is 13.5. The minimum absolute atomic E-state index is 0.0361. The van der Waals surface area contributed by atoms with Gasteiger partial charge in [0, 0.05) is 23.2 Å². The molecular formula is C44H73O4P2+. The van der Waals surface area contributed by atoms with Crippen LogP contribution in [0.15, 0.2) is 24.3 Å². The molecule has 282 valence electrons. The SMILES string of the molecule is CC(C[PH+]=O)CC(C)(C)C.CCCc1cc(CCC)c(C(=O)P(=O)(CC(C)C)C(=O)c2c(CCC)cc(CCC)cc2CCC)c(CCC)c1. The largest absolute Gasteiger partial charge is 0.325 e. The van der Waals surface area contributed by atoms with Gasteiger partial charge in [-0.1, -0.05) is 150 Å². The highest BCUT2D eigenvalue weighted by Crippen LogP contribution is 2.55. The molecular weight excluding hydrogens is 654 g/mol. The molecule has 4 nitrogen and oxygen atoms in total. The van der Waals surface area contributed by atoms with Gasteiger partial charge in [-0.2, -0.15) is 0 Å². The van der Waals surface area contributed by atoms with Crippen LogP contribution < -0.4 is 0 Å². The van der Waals surface area contributed by atoms with Gasteiger partial charge in [0.2, 0.25) is 18.2 Å². The fraction of sp³-hybridized carbons (Fsp3) is 0.682. The van der Waals surface area contributed by atoms with E-state index in [1.54, 1.807) is 0 Å². The van der Waals surface area contributed by atoms with Crippen molar-refractivity contribution in [2.45, 2.75) is 167 Å². The second-order valence-corrected chi connectivity index (χ2v) is 19.6. The van der Waals surface area contributed by atoms with Gasteiger partial charge in [-0.15, -0.1) is 0 Å². The van der Waals surface area contributed by atoms with Gasteiger partial charge < -0.3 is 4.57 Å². The summed E-state index contributed by atoms with van der Waals surface area (Å²) in [5.41, 5.74) is 7.11. The van der Waals surface area contributed by atoms with Crippen molar-refractivity contribution in [1.29, 1.82) is 0 Å². The van der Waals surface area contributed by atoms with Crippen LogP contribution in [0.4, 0.5) is 0 Å². The fourth-order valence-electron chi connectivity index (χ4n) is 7.35. The van der Waals surface area contributed by atoms with Crippen LogP contribution in [0.5, 0.6) is 0 Å². The van der Waals surface area contributed by atoms with Gasteiger partial charge in [-0.05, 0) is 89.7 Å². The van der Waals surface area contributed by atoms with E-state index in [2.05, 4.69) is 93.5 Å². The number of rotatable bonds is 21. The average molecular weight is 728 g/mol. The molecule has 0 heterocycles. The van der Waals surface area contributed by atoms with Gasteiger partial charge in [0.15, 0.2) is 0 Å². The van der Waals surface area contributed by atoms with Crippen LogP contribution in [0.25, 0.3) is 0 Å². The zero-order valence-electron chi connectivity index (χ0n) is 34.2. The Hall–Kier alpha value is -1.89. The monoisotopic (exact) mass is 727 g/mol. The number of benzene rings is 2. The summed E-state index contributed by atoms with van der Waals surface area (Å²) in [7, 11) is -4.07. The first kappa shape index (κ1) is 46.1. The minimum atomic E-state index is -3.94. The van der Waals surface area contributed by atoms with Crippen LogP contribution in [0.2, 0.25) is 0 Å². The number of carbonyl (C=O) groups excluding carboxylic acids is 2. The molecule has 0 amide bonds. The summed E-state index contributed by atoms with van der Waals surface area (Å²) in [5.74, 6) is 0.571. The third-order valence-corrected chi connectivity index (χ3v) is 12.8. The summed E-state index contributed by atoms with van der Waals surface area (Å²) in [4.78, 5) is 29.4. The van der Waals surface area contributed by atoms with Crippen LogP contribution in [0.1, 0.15) is 182 Å². The highest BCUT2D eigenvalue weighted by molar-refractivity contribution is 7.95. The van der Waals surface area contributed by atoms with E-state index >= 15 is 4.57 Å². The molecule has 2 aromatic rings. The van der Waals surface area contributed by atoms with E-state index in [9.17, 15) is 14.2 Å². The van der Waals surface area contributed by atoms with E-state index in [1.807, 2.05) is 13.8 Å². The summed E-state index contributed by atoms with van der Waals surface area (Å²) in [6.45, 7) is 25.6. The maximum Gasteiger partial charge on any atom is 0.325 e. The van der Waals surface area contributed by atoms with E-state index in [4.69, 9.17) is 0 Å². The predicted molar refractivity (Wildman–Crippen MR) is 220 cm³/mol. The van der Waals surface area contributed by atoms with Gasteiger partial charge in [0.05, 0.1) is 0 Å². The first-order chi connectivity index (χ1) is 23.6. The summed E-state index contributed by atoms with van der Waals surface area (Å²) >= 11 is 0. The van der Waals surface area contributed by atoms with E-state index in [0.717, 1.165) is 105 Å². The van der Waals surface area contributed by atoms with Crippen molar-refractivity contribution in [2.75, 3.05) is 12.3 Å². The maximum atomic E-state index is 15.2. The summed E-state index contributed by atoms with van der Waals surface area (Å²) in [6, 6.07) is 8.59. The van der Waals surface area contributed by atoms with Crippen LogP contribution in [-0.2, 0) is 47.7 Å². The molecule has 0 saturated carbocycles. The van der Waals surface area contributed by atoms with Crippen LogP contribution >= 0.6 is 15.6 Å². The Kier molecular flexibility index (Phi) is 21.1. The molecule has 0 fully saturated rings. The van der Waals surface area contributed by atoms with Crippen molar-refractivity contribution >= 4 is 26.7 Å². The first-order valence-electron chi connectivity index (χ1n) is 19.9. The van der Waals surface area contributed by atoms with Crippen molar-refractivity contribution in [2.24, 2.45) is 17.3 Å². The van der Waals surface area contributed by atoms with Gasteiger partial charge >= 0.3 is 8.46 Å². The summed E-state index contributed by atoms with van der Waals surface area (Å²) in [6.07, 6.45) is 12.7. The average Bonchev–Trinajstić information content (AvgIpc) is 3.01. The standard InChI is InChI=1S/C36H55O3P.C8H17OP/c1-9-15-27-21-29(17-11-3)33(30(22-27)18-12-4)35(37)40(39,25-26(7)8)36(38)34-31(19-13-5)23-28(16-10-2)24-32(34)20-14-6;1-7(6-10-9)5-8(2,3)4/h21-24,26H,9-20,25H2,1-8H3;7H,5-6H2,1-4H3/p+1. The van der Waals surface area contributed by atoms with Crippen molar-refractivity contribution < 1.29 is 18.7 Å². The Morgan fingerprint density at radius 2 is 0.940 bits per heavy atom. The van der Waals surface area contributed by atoms with Crippen molar-refractivity contribution in [3.8, 4) is 0 Å². The first-order valence-corrected chi connectivity index (χ1v) is 22.9. The van der Waals surface area contributed by atoms with Gasteiger partial charge in [0.1, 0.15) is 6.16 Å². The lowest BCUT2D eigenvalue weighted by Crippen LogP contribution is -2.21.